The van der Waals surface area contributed by atoms with Crippen molar-refractivity contribution in [1.29, 1.82) is 0 Å². The Labute approximate surface area is 198 Å². The third-order valence-electron chi connectivity index (χ3n) is 5.74. The second kappa shape index (κ2) is 11.1. The molecule has 0 aromatic heterocycles. The van der Waals surface area contributed by atoms with E-state index in [4.69, 9.17) is 14.2 Å². The van der Waals surface area contributed by atoms with Crippen molar-refractivity contribution in [3.8, 4) is 11.5 Å². The maximum absolute atomic E-state index is 12.7. The quantitative estimate of drug-likeness (QED) is 0.557. The van der Waals surface area contributed by atoms with E-state index in [2.05, 4.69) is 10.2 Å². The van der Waals surface area contributed by atoms with Crippen LogP contribution in [-0.2, 0) is 14.3 Å². The number of hydrogen-bond donors (Lipinski definition) is 1. The summed E-state index contributed by atoms with van der Waals surface area (Å²) in [5.41, 5.74) is 1.82. The fourth-order valence-electron chi connectivity index (χ4n) is 3.86. The first-order valence-electron chi connectivity index (χ1n) is 11.4. The summed E-state index contributed by atoms with van der Waals surface area (Å²) in [7, 11) is 0. The van der Waals surface area contributed by atoms with Gasteiger partial charge < -0.3 is 19.5 Å². The Hall–Kier alpha value is -3.43. The summed E-state index contributed by atoms with van der Waals surface area (Å²) < 4.78 is 16.4. The van der Waals surface area contributed by atoms with E-state index in [9.17, 15) is 14.4 Å². The number of hydrogen-bond acceptors (Lipinski definition) is 7. The fraction of sp³-hybridized carbons (Fsp3) is 0.400. The highest BCUT2D eigenvalue weighted by molar-refractivity contribution is 6.04. The van der Waals surface area contributed by atoms with E-state index in [-0.39, 0.29) is 37.4 Å². The van der Waals surface area contributed by atoms with Crippen LogP contribution in [0.25, 0.3) is 0 Å². The number of carbonyl (C=O) groups excluding carboxylic acids is 3. The molecule has 2 heterocycles. The Bertz CT molecular complexity index is 1050. The van der Waals surface area contributed by atoms with Crippen molar-refractivity contribution in [1.82, 2.24) is 10.2 Å². The molecule has 0 atom stereocenters. The number of ether oxygens (including phenoxy) is 3. The Morgan fingerprint density at radius 2 is 1.94 bits per heavy atom. The van der Waals surface area contributed by atoms with Gasteiger partial charge in [-0.3, -0.25) is 24.2 Å². The zero-order valence-corrected chi connectivity index (χ0v) is 19.2. The summed E-state index contributed by atoms with van der Waals surface area (Å²) in [4.78, 5) is 41.4. The predicted octanol–water partition coefficient (Wildman–Crippen LogP) is 1.43. The molecule has 9 heteroatoms. The second-order valence-electron chi connectivity index (χ2n) is 8.28. The van der Waals surface area contributed by atoms with Crippen LogP contribution in [0.3, 0.4) is 0 Å². The number of benzene rings is 2. The van der Waals surface area contributed by atoms with E-state index in [0.29, 0.717) is 42.5 Å². The molecule has 180 valence electrons. The molecule has 1 N–H and O–H groups in total. The Kier molecular flexibility index (Phi) is 7.76. The van der Waals surface area contributed by atoms with Crippen LogP contribution in [0.1, 0.15) is 15.9 Å². The van der Waals surface area contributed by atoms with Gasteiger partial charge in [0.05, 0.1) is 18.9 Å². The van der Waals surface area contributed by atoms with Crippen molar-refractivity contribution in [2.75, 3.05) is 64.1 Å². The van der Waals surface area contributed by atoms with Crippen molar-refractivity contribution in [3.63, 3.8) is 0 Å². The summed E-state index contributed by atoms with van der Waals surface area (Å²) in [6.45, 7) is 5.80. The van der Waals surface area contributed by atoms with Gasteiger partial charge in [-0.1, -0.05) is 12.1 Å². The van der Waals surface area contributed by atoms with Crippen LogP contribution in [0.5, 0.6) is 11.5 Å². The highest BCUT2D eigenvalue weighted by Crippen LogP contribution is 2.33. The smallest absolute Gasteiger partial charge is 0.265 e. The summed E-state index contributed by atoms with van der Waals surface area (Å²) in [6, 6.07) is 12.3. The standard InChI is InChI=1S/C25H29N3O6/c1-18-3-2-4-20(13-18)33-16-22(29)19-5-6-23-21(14-19)28(25(31)17-34-23)15-24(30)26-7-8-27-9-11-32-12-10-27/h2-6,13-14H,7-12,15-17H2,1H3,(H,26,30). The van der Waals surface area contributed by atoms with Crippen LogP contribution >= 0.6 is 0 Å². The van der Waals surface area contributed by atoms with Crippen LogP contribution in [-0.4, -0.2) is 81.6 Å². The molecule has 0 unspecified atom stereocenters. The van der Waals surface area contributed by atoms with Crippen LogP contribution in [0.15, 0.2) is 42.5 Å². The molecular weight excluding hydrogens is 438 g/mol. The van der Waals surface area contributed by atoms with E-state index >= 15 is 0 Å². The van der Waals surface area contributed by atoms with Crippen molar-refractivity contribution < 1.29 is 28.6 Å². The largest absolute Gasteiger partial charge is 0.485 e. The lowest BCUT2D eigenvalue weighted by molar-refractivity contribution is -0.125. The third-order valence-corrected chi connectivity index (χ3v) is 5.74. The molecule has 2 aromatic rings. The van der Waals surface area contributed by atoms with Crippen molar-refractivity contribution >= 4 is 23.3 Å². The number of nitrogens with one attached hydrogen (secondary N) is 1. The number of ketones is 1. The van der Waals surface area contributed by atoms with Gasteiger partial charge in [-0.2, -0.15) is 0 Å². The lowest BCUT2D eigenvalue weighted by atomic mass is 10.1. The molecule has 2 aliphatic heterocycles. The molecule has 0 bridgehead atoms. The van der Waals surface area contributed by atoms with Crippen molar-refractivity contribution in [3.05, 3.63) is 53.6 Å². The highest BCUT2D eigenvalue weighted by Gasteiger charge is 2.28. The second-order valence-corrected chi connectivity index (χ2v) is 8.28. The molecule has 0 aliphatic carbocycles. The molecule has 1 saturated heterocycles. The van der Waals surface area contributed by atoms with Crippen LogP contribution in [0.2, 0.25) is 0 Å². The van der Waals surface area contributed by atoms with Gasteiger partial charge in [0.15, 0.2) is 19.0 Å². The first-order valence-corrected chi connectivity index (χ1v) is 11.4. The number of fused-ring (bicyclic) bond motifs is 1. The number of Topliss-reactive ketones (excluding diaryl/α,β-unsaturated/α-hetero) is 1. The first-order chi connectivity index (χ1) is 16.5. The minimum Gasteiger partial charge on any atom is -0.485 e. The summed E-state index contributed by atoms with van der Waals surface area (Å²) in [5.74, 6) is 0.222. The average molecular weight is 468 g/mol. The normalized spacial score (nSPS) is 15.9. The molecular formula is C25H29N3O6. The fourth-order valence-corrected chi connectivity index (χ4v) is 3.86. The Morgan fingerprint density at radius 3 is 2.74 bits per heavy atom. The number of anilines is 1. The Morgan fingerprint density at radius 1 is 1.12 bits per heavy atom. The number of morpholine rings is 1. The summed E-state index contributed by atoms with van der Waals surface area (Å²) >= 11 is 0. The van der Waals surface area contributed by atoms with Gasteiger partial charge in [0.1, 0.15) is 18.0 Å². The van der Waals surface area contributed by atoms with Gasteiger partial charge in [0.2, 0.25) is 5.91 Å². The maximum Gasteiger partial charge on any atom is 0.265 e. The molecule has 34 heavy (non-hydrogen) atoms. The molecule has 4 rings (SSSR count). The topological polar surface area (TPSA) is 97.4 Å². The molecule has 0 radical (unpaired) electrons. The molecule has 0 saturated carbocycles. The van der Waals surface area contributed by atoms with Gasteiger partial charge in [-0.25, -0.2) is 0 Å². The van der Waals surface area contributed by atoms with Crippen molar-refractivity contribution in [2.24, 2.45) is 0 Å². The molecule has 2 aliphatic rings. The predicted molar refractivity (Wildman–Crippen MR) is 126 cm³/mol. The number of rotatable bonds is 9. The van der Waals surface area contributed by atoms with E-state index in [1.54, 1.807) is 24.3 Å². The number of amides is 2. The minimum atomic E-state index is -0.337. The number of aryl methyl sites for hydroxylation is 1. The lowest BCUT2D eigenvalue weighted by Crippen LogP contribution is -2.47. The van der Waals surface area contributed by atoms with Gasteiger partial charge in [-0.15, -0.1) is 0 Å². The minimum absolute atomic E-state index is 0.140. The molecule has 2 amide bonds. The third kappa shape index (κ3) is 6.12. The van der Waals surface area contributed by atoms with E-state index in [0.717, 1.165) is 25.2 Å². The zero-order chi connectivity index (χ0) is 23.9. The van der Waals surface area contributed by atoms with Crippen LogP contribution in [0.4, 0.5) is 5.69 Å². The van der Waals surface area contributed by atoms with Gasteiger partial charge in [0, 0.05) is 31.7 Å². The molecule has 1 fully saturated rings. The summed E-state index contributed by atoms with van der Waals surface area (Å²) in [5, 5.41) is 2.87. The van der Waals surface area contributed by atoms with Crippen LogP contribution in [0, 0.1) is 6.92 Å². The van der Waals surface area contributed by atoms with Crippen LogP contribution < -0.4 is 19.7 Å². The average Bonchev–Trinajstić information content (AvgIpc) is 2.85. The number of carbonyl (C=O) groups is 3. The zero-order valence-electron chi connectivity index (χ0n) is 19.2. The van der Waals surface area contributed by atoms with Crippen molar-refractivity contribution in [2.45, 2.75) is 6.92 Å². The molecule has 0 spiro atoms. The SMILES string of the molecule is Cc1cccc(OCC(=O)c2ccc3c(c2)N(CC(=O)NCCN2CCOCC2)C(=O)CO3)c1. The van der Waals surface area contributed by atoms with E-state index in [1.165, 1.54) is 4.90 Å². The molecule has 2 aromatic carbocycles. The number of nitrogens with zero attached hydrogens (tertiary/aromatic N) is 2. The maximum atomic E-state index is 12.7. The lowest BCUT2D eigenvalue weighted by Gasteiger charge is -2.29. The highest BCUT2D eigenvalue weighted by atomic mass is 16.5. The van der Waals surface area contributed by atoms with Gasteiger partial charge in [-0.05, 0) is 42.8 Å². The monoisotopic (exact) mass is 467 g/mol. The first kappa shape index (κ1) is 23.7. The van der Waals surface area contributed by atoms with E-state index in [1.807, 2.05) is 25.1 Å². The summed E-state index contributed by atoms with van der Waals surface area (Å²) in [6.07, 6.45) is 0. The van der Waals surface area contributed by atoms with Gasteiger partial charge >= 0.3 is 0 Å². The Balaban J connectivity index is 1.37. The van der Waals surface area contributed by atoms with Gasteiger partial charge in [0.25, 0.3) is 5.91 Å². The van der Waals surface area contributed by atoms with E-state index < -0.39 is 0 Å². The molecule has 9 nitrogen and oxygen atoms in total.